The molecule has 1 saturated heterocycles. The van der Waals surface area contributed by atoms with Crippen LogP contribution in [0.5, 0.6) is 0 Å². The summed E-state index contributed by atoms with van der Waals surface area (Å²) >= 11 is 0. The van der Waals surface area contributed by atoms with Gasteiger partial charge in [-0.25, -0.2) is 4.98 Å². The van der Waals surface area contributed by atoms with Crippen LogP contribution in [0.4, 0.5) is 0 Å². The molecule has 1 amide bonds. The van der Waals surface area contributed by atoms with Crippen LogP contribution in [0.2, 0.25) is 0 Å². The maximum Gasteiger partial charge on any atom is 0.228 e. The lowest BCUT2D eigenvalue weighted by Gasteiger charge is -2.32. The van der Waals surface area contributed by atoms with Crippen LogP contribution in [0.15, 0.2) is 36.7 Å². The van der Waals surface area contributed by atoms with Gasteiger partial charge < -0.3 is 14.6 Å². The molecule has 2 aromatic rings. The third kappa shape index (κ3) is 3.67. The number of nitrogens with one attached hydrogen (secondary N) is 1. The van der Waals surface area contributed by atoms with Crippen LogP contribution in [0.3, 0.4) is 0 Å². The number of hydrogen-bond acceptors (Lipinski definition) is 3. The Morgan fingerprint density at radius 2 is 2.25 bits per heavy atom. The van der Waals surface area contributed by atoms with Gasteiger partial charge in [-0.05, 0) is 37.3 Å². The fourth-order valence-corrected chi connectivity index (χ4v) is 3.31. The van der Waals surface area contributed by atoms with Gasteiger partial charge in [0.15, 0.2) is 0 Å². The number of H-pyrrole nitrogens is 1. The molecule has 1 aliphatic rings. The molecular formula is C19H25N3O2. The van der Waals surface area contributed by atoms with E-state index in [1.807, 2.05) is 24.1 Å². The first-order valence-electron chi connectivity index (χ1n) is 8.57. The van der Waals surface area contributed by atoms with Crippen molar-refractivity contribution >= 4 is 5.91 Å². The molecule has 2 heterocycles. The summed E-state index contributed by atoms with van der Waals surface area (Å²) in [5, 5.41) is 0. The highest BCUT2D eigenvalue weighted by molar-refractivity contribution is 5.79. The van der Waals surface area contributed by atoms with E-state index >= 15 is 0 Å². The van der Waals surface area contributed by atoms with Crippen molar-refractivity contribution in [2.75, 3.05) is 20.2 Å². The molecule has 24 heavy (non-hydrogen) atoms. The van der Waals surface area contributed by atoms with E-state index in [4.69, 9.17) is 4.74 Å². The summed E-state index contributed by atoms with van der Waals surface area (Å²) in [5.74, 6) is 0.733. The van der Waals surface area contributed by atoms with Gasteiger partial charge in [0.05, 0.1) is 5.92 Å². The fourth-order valence-electron chi connectivity index (χ4n) is 3.31. The largest absolute Gasteiger partial charge is 0.369 e. The number of benzene rings is 1. The SMILES string of the molecule is Cc1ccccc1CCN(C)C(=O)[C@@H]1CCCO[C@H]1c1ncc[nH]1. The zero-order chi connectivity index (χ0) is 16.9. The lowest BCUT2D eigenvalue weighted by molar-refractivity contribution is -0.144. The maximum atomic E-state index is 12.9. The van der Waals surface area contributed by atoms with Crippen LogP contribution in [-0.4, -0.2) is 41.0 Å². The Balaban J connectivity index is 1.64. The number of aromatic nitrogens is 2. The number of amides is 1. The minimum atomic E-state index is -0.262. The van der Waals surface area contributed by atoms with E-state index in [9.17, 15) is 4.79 Å². The van der Waals surface area contributed by atoms with Crippen molar-refractivity contribution in [1.82, 2.24) is 14.9 Å². The number of carbonyl (C=O) groups is 1. The van der Waals surface area contributed by atoms with Gasteiger partial charge in [0, 0.05) is 32.6 Å². The molecule has 128 valence electrons. The Labute approximate surface area is 143 Å². The normalized spacial score (nSPS) is 20.8. The lowest BCUT2D eigenvalue weighted by Crippen LogP contribution is -2.40. The number of aromatic amines is 1. The van der Waals surface area contributed by atoms with Gasteiger partial charge in [-0.2, -0.15) is 0 Å². The maximum absolute atomic E-state index is 12.9. The number of nitrogens with zero attached hydrogens (tertiary/aromatic N) is 2. The summed E-state index contributed by atoms with van der Waals surface area (Å²) in [5.41, 5.74) is 2.56. The van der Waals surface area contributed by atoms with Gasteiger partial charge in [-0.1, -0.05) is 24.3 Å². The van der Waals surface area contributed by atoms with Crippen LogP contribution in [0.25, 0.3) is 0 Å². The van der Waals surface area contributed by atoms with Crippen molar-refractivity contribution in [3.05, 3.63) is 53.6 Å². The van der Waals surface area contributed by atoms with E-state index in [0.717, 1.165) is 25.1 Å². The second-order valence-electron chi connectivity index (χ2n) is 6.45. The summed E-state index contributed by atoms with van der Waals surface area (Å²) in [6.45, 7) is 3.51. The van der Waals surface area contributed by atoms with Crippen molar-refractivity contribution in [2.45, 2.75) is 32.3 Å². The average molecular weight is 327 g/mol. The van der Waals surface area contributed by atoms with Gasteiger partial charge in [-0.15, -0.1) is 0 Å². The Morgan fingerprint density at radius 1 is 1.42 bits per heavy atom. The van der Waals surface area contributed by atoms with Crippen molar-refractivity contribution in [3.8, 4) is 0 Å². The first-order chi connectivity index (χ1) is 11.7. The quantitative estimate of drug-likeness (QED) is 0.918. The number of aryl methyl sites for hydroxylation is 1. The van der Waals surface area contributed by atoms with Gasteiger partial charge in [0.25, 0.3) is 0 Å². The van der Waals surface area contributed by atoms with E-state index in [-0.39, 0.29) is 17.9 Å². The standard InChI is InChI=1S/C19H25N3O2/c1-14-6-3-4-7-15(14)9-12-22(2)19(23)16-8-5-13-24-17(16)18-20-10-11-21-18/h3-4,6-7,10-11,16-17H,5,8-9,12-13H2,1-2H3,(H,20,21)/t16-,17-/m1/s1. The number of imidazole rings is 1. The van der Waals surface area contributed by atoms with Crippen molar-refractivity contribution < 1.29 is 9.53 Å². The molecule has 0 spiro atoms. The van der Waals surface area contributed by atoms with Crippen LogP contribution in [-0.2, 0) is 16.0 Å². The van der Waals surface area contributed by atoms with E-state index in [1.54, 1.807) is 12.4 Å². The first-order valence-corrected chi connectivity index (χ1v) is 8.57. The molecule has 2 atom stereocenters. The number of hydrogen-bond donors (Lipinski definition) is 1. The molecule has 0 unspecified atom stereocenters. The van der Waals surface area contributed by atoms with Crippen LogP contribution < -0.4 is 0 Å². The minimum Gasteiger partial charge on any atom is -0.369 e. The Bertz CT molecular complexity index is 669. The zero-order valence-corrected chi connectivity index (χ0v) is 14.4. The van der Waals surface area contributed by atoms with Crippen LogP contribution in [0, 0.1) is 12.8 Å². The van der Waals surface area contributed by atoms with E-state index in [1.165, 1.54) is 11.1 Å². The van der Waals surface area contributed by atoms with Gasteiger partial charge in [-0.3, -0.25) is 4.79 Å². The van der Waals surface area contributed by atoms with Crippen LogP contribution >= 0.6 is 0 Å². The van der Waals surface area contributed by atoms with Crippen LogP contribution in [0.1, 0.15) is 35.9 Å². The third-order valence-corrected chi connectivity index (χ3v) is 4.78. The molecule has 3 rings (SSSR count). The summed E-state index contributed by atoms with van der Waals surface area (Å²) < 4.78 is 5.85. The highest BCUT2D eigenvalue weighted by atomic mass is 16.5. The fraction of sp³-hybridized carbons (Fsp3) is 0.474. The van der Waals surface area contributed by atoms with Gasteiger partial charge >= 0.3 is 0 Å². The highest BCUT2D eigenvalue weighted by Gasteiger charge is 2.36. The molecule has 1 aliphatic heterocycles. The molecule has 1 N–H and O–H groups in total. The molecule has 1 aromatic carbocycles. The number of likely N-dealkylation sites (N-methyl/N-ethyl adjacent to an activating group) is 1. The van der Waals surface area contributed by atoms with E-state index in [0.29, 0.717) is 13.2 Å². The molecular weight excluding hydrogens is 302 g/mol. The van der Waals surface area contributed by atoms with Gasteiger partial charge in [0.1, 0.15) is 11.9 Å². The molecule has 0 bridgehead atoms. The summed E-state index contributed by atoms with van der Waals surface area (Å²) in [6.07, 6.45) is 5.85. The molecule has 5 nitrogen and oxygen atoms in total. The van der Waals surface area contributed by atoms with E-state index < -0.39 is 0 Å². The average Bonchev–Trinajstić information content (AvgIpc) is 3.14. The molecule has 5 heteroatoms. The van der Waals surface area contributed by atoms with Crippen molar-refractivity contribution in [1.29, 1.82) is 0 Å². The van der Waals surface area contributed by atoms with E-state index in [2.05, 4.69) is 29.0 Å². The molecule has 1 aromatic heterocycles. The molecule has 0 radical (unpaired) electrons. The first kappa shape index (κ1) is 16.7. The number of carbonyl (C=O) groups excluding carboxylic acids is 1. The number of ether oxygens (including phenoxy) is 1. The lowest BCUT2D eigenvalue weighted by atomic mass is 9.92. The predicted molar refractivity (Wildman–Crippen MR) is 92.5 cm³/mol. The molecule has 0 aliphatic carbocycles. The van der Waals surface area contributed by atoms with Gasteiger partial charge in [0.2, 0.25) is 5.91 Å². The zero-order valence-electron chi connectivity index (χ0n) is 14.4. The predicted octanol–water partition coefficient (Wildman–Crippen LogP) is 2.89. The third-order valence-electron chi connectivity index (χ3n) is 4.78. The smallest absolute Gasteiger partial charge is 0.228 e. The summed E-state index contributed by atoms with van der Waals surface area (Å²) in [6, 6.07) is 8.33. The van der Waals surface area contributed by atoms with Crippen molar-refractivity contribution in [2.24, 2.45) is 5.92 Å². The topological polar surface area (TPSA) is 58.2 Å². The van der Waals surface area contributed by atoms with Crippen molar-refractivity contribution in [3.63, 3.8) is 0 Å². The summed E-state index contributed by atoms with van der Waals surface area (Å²) in [4.78, 5) is 22.1. The molecule has 1 fully saturated rings. The Hall–Kier alpha value is -2.14. The minimum absolute atomic E-state index is 0.143. The monoisotopic (exact) mass is 327 g/mol. The highest BCUT2D eigenvalue weighted by Crippen LogP contribution is 2.33. The Morgan fingerprint density at radius 3 is 3.00 bits per heavy atom. The second kappa shape index (κ2) is 7.62. The summed E-state index contributed by atoms with van der Waals surface area (Å²) in [7, 11) is 1.88. The Kier molecular flexibility index (Phi) is 5.30. The second-order valence-corrected chi connectivity index (χ2v) is 6.45. The number of rotatable bonds is 5. The molecule has 0 saturated carbocycles.